The summed E-state index contributed by atoms with van der Waals surface area (Å²) in [6.07, 6.45) is 3.40. The minimum atomic E-state index is -0.0474. The second-order valence-corrected chi connectivity index (χ2v) is 6.69. The van der Waals surface area contributed by atoms with E-state index in [2.05, 4.69) is 22.0 Å². The molecule has 0 saturated carbocycles. The standard InChI is InChI=1S/C20H20N4O3/c1-13-11-24(20(25)15-7-3-4-8-17(15)26-2)12-16(13)19-22-18(23-27-19)14-6-5-9-21-10-14/h3-10,13,16H,11-12H2,1-2H3/t13-,16-/m0/s1. The monoisotopic (exact) mass is 364 g/mol. The van der Waals surface area contributed by atoms with Gasteiger partial charge in [-0.1, -0.05) is 24.2 Å². The molecular formula is C20H20N4O3. The van der Waals surface area contributed by atoms with Gasteiger partial charge in [-0.2, -0.15) is 4.98 Å². The first-order valence-electron chi connectivity index (χ1n) is 8.83. The van der Waals surface area contributed by atoms with Crippen LogP contribution in [0, 0.1) is 5.92 Å². The molecule has 138 valence electrons. The van der Waals surface area contributed by atoms with Crippen LogP contribution in [0.2, 0.25) is 0 Å². The van der Waals surface area contributed by atoms with Gasteiger partial charge >= 0.3 is 0 Å². The fourth-order valence-electron chi connectivity index (χ4n) is 3.44. The maximum absolute atomic E-state index is 12.9. The zero-order chi connectivity index (χ0) is 18.8. The van der Waals surface area contributed by atoms with E-state index in [1.807, 2.05) is 29.2 Å². The van der Waals surface area contributed by atoms with Crippen LogP contribution in [-0.2, 0) is 0 Å². The third-order valence-electron chi connectivity index (χ3n) is 4.92. The molecule has 1 fully saturated rings. The zero-order valence-corrected chi connectivity index (χ0v) is 15.2. The number of hydrogen-bond donors (Lipinski definition) is 0. The molecular weight excluding hydrogens is 344 g/mol. The first-order chi connectivity index (χ1) is 13.2. The molecule has 3 heterocycles. The Bertz CT molecular complexity index is 941. The number of carbonyl (C=O) groups excluding carboxylic acids is 1. The van der Waals surface area contributed by atoms with Crippen molar-refractivity contribution in [3.05, 3.63) is 60.2 Å². The van der Waals surface area contributed by atoms with E-state index >= 15 is 0 Å². The lowest BCUT2D eigenvalue weighted by Gasteiger charge is -2.17. The van der Waals surface area contributed by atoms with Crippen LogP contribution >= 0.6 is 0 Å². The number of benzene rings is 1. The van der Waals surface area contributed by atoms with Crippen LogP contribution < -0.4 is 4.74 Å². The van der Waals surface area contributed by atoms with Crippen molar-refractivity contribution in [1.29, 1.82) is 0 Å². The summed E-state index contributed by atoms with van der Waals surface area (Å²) in [5.41, 5.74) is 1.37. The molecule has 2 aromatic heterocycles. The average molecular weight is 364 g/mol. The summed E-state index contributed by atoms with van der Waals surface area (Å²) >= 11 is 0. The third kappa shape index (κ3) is 3.28. The van der Waals surface area contributed by atoms with E-state index in [1.54, 1.807) is 31.6 Å². The average Bonchev–Trinajstić information content (AvgIpc) is 3.35. The van der Waals surface area contributed by atoms with E-state index in [9.17, 15) is 4.79 Å². The van der Waals surface area contributed by atoms with Crippen LogP contribution in [0.3, 0.4) is 0 Å². The van der Waals surface area contributed by atoms with E-state index in [0.29, 0.717) is 36.1 Å². The lowest BCUT2D eigenvalue weighted by molar-refractivity contribution is 0.0782. The molecule has 27 heavy (non-hydrogen) atoms. The highest BCUT2D eigenvalue weighted by molar-refractivity contribution is 5.97. The van der Waals surface area contributed by atoms with E-state index < -0.39 is 0 Å². The molecule has 7 nitrogen and oxygen atoms in total. The highest BCUT2D eigenvalue weighted by atomic mass is 16.5. The summed E-state index contributed by atoms with van der Waals surface area (Å²) in [5, 5.41) is 4.07. The molecule has 0 unspecified atom stereocenters. The summed E-state index contributed by atoms with van der Waals surface area (Å²) in [4.78, 5) is 23.4. The Morgan fingerprint density at radius 2 is 2.07 bits per heavy atom. The lowest BCUT2D eigenvalue weighted by Crippen LogP contribution is -2.29. The number of nitrogens with zero attached hydrogens (tertiary/aromatic N) is 4. The molecule has 1 saturated heterocycles. The Morgan fingerprint density at radius 3 is 2.85 bits per heavy atom. The summed E-state index contributed by atoms with van der Waals surface area (Å²) in [7, 11) is 1.57. The van der Waals surface area contributed by atoms with Crippen LogP contribution in [0.15, 0.2) is 53.3 Å². The Morgan fingerprint density at radius 1 is 1.22 bits per heavy atom. The Kier molecular flexibility index (Phi) is 4.58. The molecule has 0 radical (unpaired) electrons. The van der Waals surface area contributed by atoms with Gasteiger partial charge in [0.05, 0.1) is 18.6 Å². The molecule has 0 N–H and O–H groups in total. The fraction of sp³-hybridized carbons (Fsp3) is 0.300. The molecule has 1 aromatic carbocycles. The van der Waals surface area contributed by atoms with Gasteiger partial charge in [0, 0.05) is 31.0 Å². The first-order valence-corrected chi connectivity index (χ1v) is 8.83. The lowest BCUT2D eigenvalue weighted by atomic mass is 9.98. The second-order valence-electron chi connectivity index (χ2n) is 6.69. The van der Waals surface area contributed by atoms with Gasteiger partial charge in [-0.15, -0.1) is 0 Å². The van der Waals surface area contributed by atoms with E-state index in [0.717, 1.165) is 5.56 Å². The molecule has 0 bridgehead atoms. The maximum Gasteiger partial charge on any atom is 0.257 e. The normalized spacial score (nSPS) is 19.3. The number of likely N-dealkylation sites (tertiary alicyclic amines) is 1. The molecule has 2 atom stereocenters. The fourth-order valence-corrected chi connectivity index (χ4v) is 3.44. The van der Waals surface area contributed by atoms with Crippen molar-refractivity contribution in [2.24, 2.45) is 5.92 Å². The highest BCUT2D eigenvalue weighted by Crippen LogP contribution is 2.34. The molecule has 7 heteroatoms. The van der Waals surface area contributed by atoms with Crippen LogP contribution in [0.5, 0.6) is 5.75 Å². The van der Waals surface area contributed by atoms with Gasteiger partial charge in [-0.05, 0) is 30.2 Å². The zero-order valence-electron chi connectivity index (χ0n) is 15.2. The number of hydrogen-bond acceptors (Lipinski definition) is 6. The summed E-state index contributed by atoms with van der Waals surface area (Å²) in [6.45, 7) is 3.26. The largest absolute Gasteiger partial charge is 0.496 e. The molecule has 3 aromatic rings. The van der Waals surface area contributed by atoms with Gasteiger partial charge in [-0.3, -0.25) is 9.78 Å². The van der Waals surface area contributed by atoms with E-state index in [4.69, 9.17) is 9.26 Å². The van der Waals surface area contributed by atoms with Gasteiger partial charge in [0.1, 0.15) is 5.75 Å². The number of carbonyl (C=O) groups is 1. The number of pyridine rings is 1. The van der Waals surface area contributed by atoms with Crippen molar-refractivity contribution in [3.63, 3.8) is 0 Å². The van der Waals surface area contributed by atoms with Crippen molar-refractivity contribution >= 4 is 5.91 Å². The minimum absolute atomic E-state index is 0.00146. The minimum Gasteiger partial charge on any atom is -0.496 e. The number of amides is 1. The van der Waals surface area contributed by atoms with Crippen LogP contribution in [0.25, 0.3) is 11.4 Å². The number of ether oxygens (including phenoxy) is 1. The van der Waals surface area contributed by atoms with Gasteiger partial charge in [0.2, 0.25) is 11.7 Å². The molecule has 1 aliphatic heterocycles. The van der Waals surface area contributed by atoms with Crippen LogP contribution in [-0.4, -0.2) is 46.1 Å². The molecule has 0 spiro atoms. The summed E-state index contributed by atoms with van der Waals surface area (Å²) < 4.78 is 10.8. The van der Waals surface area contributed by atoms with Gasteiger partial charge in [0.15, 0.2) is 0 Å². The Labute approximate surface area is 157 Å². The molecule has 1 aliphatic rings. The van der Waals surface area contributed by atoms with Crippen LogP contribution in [0.4, 0.5) is 0 Å². The van der Waals surface area contributed by atoms with E-state index in [-0.39, 0.29) is 17.7 Å². The SMILES string of the molecule is COc1ccccc1C(=O)N1C[C@H](c2nc(-c3cccnc3)no2)[C@@H](C)C1. The van der Waals surface area contributed by atoms with Crippen molar-refractivity contribution in [3.8, 4) is 17.1 Å². The van der Waals surface area contributed by atoms with E-state index in [1.165, 1.54) is 0 Å². The summed E-state index contributed by atoms with van der Waals surface area (Å²) in [5.74, 6) is 1.81. The number of methoxy groups -OCH3 is 1. The number of aromatic nitrogens is 3. The number of rotatable bonds is 4. The van der Waals surface area contributed by atoms with Crippen molar-refractivity contribution in [2.45, 2.75) is 12.8 Å². The molecule has 4 rings (SSSR count). The first kappa shape index (κ1) is 17.2. The van der Waals surface area contributed by atoms with Crippen molar-refractivity contribution in [1.82, 2.24) is 20.0 Å². The van der Waals surface area contributed by atoms with Crippen molar-refractivity contribution < 1.29 is 14.1 Å². The Balaban J connectivity index is 1.54. The molecule has 1 amide bonds. The second kappa shape index (κ2) is 7.19. The van der Waals surface area contributed by atoms with Crippen LogP contribution in [0.1, 0.15) is 29.1 Å². The predicted octanol–water partition coefficient (Wildman–Crippen LogP) is 3.02. The molecule has 0 aliphatic carbocycles. The smallest absolute Gasteiger partial charge is 0.257 e. The topological polar surface area (TPSA) is 81.4 Å². The maximum atomic E-state index is 12.9. The third-order valence-corrected chi connectivity index (χ3v) is 4.92. The highest BCUT2D eigenvalue weighted by Gasteiger charge is 2.37. The van der Waals surface area contributed by atoms with Crippen molar-refractivity contribution in [2.75, 3.05) is 20.2 Å². The quantitative estimate of drug-likeness (QED) is 0.708. The Hall–Kier alpha value is -3.22. The summed E-state index contributed by atoms with van der Waals surface area (Å²) in [6, 6.07) is 11.0. The van der Waals surface area contributed by atoms with Gasteiger partial charge in [0.25, 0.3) is 5.91 Å². The predicted molar refractivity (Wildman–Crippen MR) is 98.3 cm³/mol. The van der Waals surface area contributed by atoms with Gasteiger partial charge in [-0.25, -0.2) is 0 Å². The number of para-hydroxylation sites is 1. The van der Waals surface area contributed by atoms with Gasteiger partial charge < -0.3 is 14.2 Å².